The molecule has 0 saturated carbocycles. The van der Waals surface area contributed by atoms with E-state index in [9.17, 15) is 9.18 Å². The quantitative estimate of drug-likeness (QED) is 0.291. The number of rotatable bonds is 7. The molecule has 0 radical (unpaired) electrons. The van der Waals surface area contributed by atoms with Crippen LogP contribution >= 0.6 is 23.8 Å². The van der Waals surface area contributed by atoms with Crippen LogP contribution in [0.1, 0.15) is 5.56 Å². The zero-order valence-electron chi connectivity index (χ0n) is 19.3. The highest BCUT2D eigenvalue weighted by Gasteiger charge is 2.13. The largest absolute Gasteiger partial charge is 0.493 e. The highest BCUT2D eigenvalue weighted by atomic mass is 35.5. The molecule has 4 rings (SSSR count). The van der Waals surface area contributed by atoms with Gasteiger partial charge < -0.3 is 24.8 Å². The summed E-state index contributed by atoms with van der Waals surface area (Å²) in [7, 11) is 3.07. The smallest absolute Gasteiger partial charge is 0.230 e. The van der Waals surface area contributed by atoms with Gasteiger partial charge in [-0.05, 0) is 54.2 Å². The molecule has 0 spiro atoms. The second-order valence-corrected chi connectivity index (χ2v) is 8.43. The molecule has 3 aromatic carbocycles. The molecule has 0 atom stereocenters. The Kier molecular flexibility index (Phi) is 7.82. The van der Waals surface area contributed by atoms with Crippen LogP contribution in [-0.2, 0) is 11.2 Å². The third-order valence-corrected chi connectivity index (χ3v) is 5.57. The standard InChI is InChI=1S/C26H21ClFN3O4S/c1-33-23-13-18-21(14-24(23)34-2)29-9-8-22(18)35-17-6-7-20(19(28)12-17)30-26(36)31-25(32)11-15-4-3-5-16(27)10-15/h3-10,12-14H,11H2,1-2H3,(H2,30,31,32,36). The topological polar surface area (TPSA) is 81.7 Å². The molecule has 4 aromatic rings. The molecule has 2 N–H and O–H groups in total. The van der Waals surface area contributed by atoms with Crippen molar-refractivity contribution in [1.82, 2.24) is 10.3 Å². The van der Waals surface area contributed by atoms with E-state index in [1.54, 1.807) is 61.8 Å². The van der Waals surface area contributed by atoms with E-state index < -0.39 is 5.82 Å². The first-order chi connectivity index (χ1) is 17.4. The van der Waals surface area contributed by atoms with Gasteiger partial charge in [-0.1, -0.05) is 23.7 Å². The Balaban J connectivity index is 1.44. The van der Waals surface area contributed by atoms with E-state index in [0.717, 1.165) is 5.56 Å². The van der Waals surface area contributed by atoms with Crippen LogP contribution in [0.5, 0.6) is 23.0 Å². The van der Waals surface area contributed by atoms with Gasteiger partial charge in [0.1, 0.15) is 17.3 Å². The van der Waals surface area contributed by atoms with Gasteiger partial charge in [0.2, 0.25) is 5.91 Å². The summed E-state index contributed by atoms with van der Waals surface area (Å²) in [5.74, 6) is 0.802. The Bertz CT molecular complexity index is 1450. The van der Waals surface area contributed by atoms with E-state index in [1.165, 1.54) is 19.2 Å². The number of hydrogen-bond acceptors (Lipinski definition) is 6. The lowest BCUT2D eigenvalue weighted by Gasteiger charge is -2.14. The Morgan fingerprint density at radius 2 is 1.81 bits per heavy atom. The van der Waals surface area contributed by atoms with Gasteiger partial charge in [0.25, 0.3) is 0 Å². The van der Waals surface area contributed by atoms with Crippen molar-refractivity contribution < 1.29 is 23.4 Å². The van der Waals surface area contributed by atoms with Gasteiger partial charge in [-0.3, -0.25) is 9.78 Å². The molecule has 0 aliphatic rings. The fourth-order valence-corrected chi connectivity index (χ4v) is 3.92. The first kappa shape index (κ1) is 25.2. The number of anilines is 1. The molecule has 0 fully saturated rings. The van der Waals surface area contributed by atoms with Gasteiger partial charge in [-0.25, -0.2) is 4.39 Å². The van der Waals surface area contributed by atoms with Crippen LogP contribution in [0, 0.1) is 5.82 Å². The molecular weight excluding hydrogens is 505 g/mol. The van der Waals surface area contributed by atoms with E-state index in [0.29, 0.717) is 33.2 Å². The minimum atomic E-state index is -0.614. The second kappa shape index (κ2) is 11.2. The lowest BCUT2D eigenvalue weighted by Crippen LogP contribution is -2.35. The molecule has 184 valence electrons. The molecule has 1 heterocycles. The van der Waals surface area contributed by atoms with Crippen molar-refractivity contribution in [3.05, 3.63) is 83.3 Å². The fourth-order valence-electron chi connectivity index (χ4n) is 3.48. The summed E-state index contributed by atoms with van der Waals surface area (Å²) in [4.78, 5) is 16.6. The molecule has 0 bridgehead atoms. The molecule has 0 saturated heterocycles. The third kappa shape index (κ3) is 5.99. The van der Waals surface area contributed by atoms with Crippen molar-refractivity contribution in [2.45, 2.75) is 6.42 Å². The lowest BCUT2D eigenvalue weighted by atomic mass is 10.1. The summed E-state index contributed by atoms with van der Waals surface area (Å²) in [6, 6.07) is 16.3. The van der Waals surface area contributed by atoms with E-state index in [4.69, 9.17) is 38.0 Å². The number of nitrogens with zero attached hydrogens (tertiary/aromatic N) is 1. The highest BCUT2D eigenvalue weighted by Crippen LogP contribution is 2.37. The number of fused-ring (bicyclic) bond motifs is 1. The van der Waals surface area contributed by atoms with Crippen molar-refractivity contribution >= 4 is 51.4 Å². The number of halogens is 2. The summed E-state index contributed by atoms with van der Waals surface area (Å²) >= 11 is 11.1. The third-order valence-electron chi connectivity index (χ3n) is 5.13. The number of hydrogen-bond donors (Lipinski definition) is 2. The Hall–Kier alpha value is -3.95. The number of nitrogens with one attached hydrogen (secondary N) is 2. The van der Waals surface area contributed by atoms with Crippen LogP contribution in [0.15, 0.2) is 66.9 Å². The van der Waals surface area contributed by atoms with E-state index in [2.05, 4.69) is 15.6 Å². The number of carbonyl (C=O) groups excluding carboxylic acids is 1. The van der Waals surface area contributed by atoms with Crippen LogP contribution in [0.25, 0.3) is 10.9 Å². The van der Waals surface area contributed by atoms with Crippen molar-refractivity contribution in [1.29, 1.82) is 0 Å². The summed E-state index contributed by atoms with van der Waals surface area (Å²) in [6.45, 7) is 0. The Morgan fingerprint density at radius 1 is 1.03 bits per heavy atom. The number of methoxy groups -OCH3 is 2. The number of amides is 1. The average molecular weight is 526 g/mol. The molecule has 0 unspecified atom stereocenters. The maximum absolute atomic E-state index is 14.8. The normalized spacial score (nSPS) is 10.6. The predicted octanol–water partition coefficient (Wildman–Crippen LogP) is 5.89. The lowest BCUT2D eigenvalue weighted by molar-refractivity contribution is -0.119. The van der Waals surface area contributed by atoms with Gasteiger partial charge >= 0.3 is 0 Å². The van der Waals surface area contributed by atoms with E-state index in [-0.39, 0.29) is 28.9 Å². The van der Waals surface area contributed by atoms with Crippen LogP contribution < -0.4 is 24.8 Å². The van der Waals surface area contributed by atoms with Crippen LogP contribution in [0.2, 0.25) is 5.02 Å². The van der Waals surface area contributed by atoms with Crippen molar-refractivity contribution in [3.8, 4) is 23.0 Å². The molecule has 7 nitrogen and oxygen atoms in total. The van der Waals surface area contributed by atoms with Crippen molar-refractivity contribution in [2.24, 2.45) is 0 Å². The van der Waals surface area contributed by atoms with Crippen LogP contribution in [-0.4, -0.2) is 30.2 Å². The average Bonchev–Trinajstić information content (AvgIpc) is 2.85. The number of benzene rings is 3. The number of aromatic nitrogens is 1. The number of pyridine rings is 1. The molecule has 0 aliphatic heterocycles. The van der Waals surface area contributed by atoms with Gasteiger partial charge in [0.15, 0.2) is 16.6 Å². The first-order valence-corrected chi connectivity index (χ1v) is 11.5. The monoisotopic (exact) mass is 525 g/mol. The van der Waals surface area contributed by atoms with E-state index in [1.807, 2.05) is 0 Å². The summed E-state index contributed by atoms with van der Waals surface area (Å²) in [6.07, 6.45) is 1.66. The molecule has 0 aliphatic carbocycles. The predicted molar refractivity (Wildman–Crippen MR) is 141 cm³/mol. The second-order valence-electron chi connectivity index (χ2n) is 7.59. The van der Waals surface area contributed by atoms with Gasteiger partial charge in [-0.2, -0.15) is 0 Å². The molecular formula is C26H21ClFN3O4S. The number of ether oxygens (including phenoxy) is 3. The summed E-state index contributed by atoms with van der Waals surface area (Å²) in [5.41, 5.74) is 1.44. The molecule has 1 aromatic heterocycles. The van der Waals surface area contributed by atoms with Gasteiger partial charge in [0, 0.05) is 28.7 Å². The maximum atomic E-state index is 14.8. The van der Waals surface area contributed by atoms with Crippen LogP contribution in [0.3, 0.4) is 0 Å². The van der Waals surface area contributed by atoms with Gasteiger partial charge in [0.05, 0.1) is 31.8 Å². The SMILES string of the molecule is COc1cc2nccc(Oc3ccc(NC(=S)NC(=O)Cc4cccc(Cl)c4)c(F)c3)c2cc1OC. The van der Waals surface area contributed by atoms with Crippen molar-refractivity contribution in [3.63, 3.8) is 0 Å². The Morgan fingerprint density at radius 3 is 2.53 bits per heavy atom. The molecule has 10 heteroatoms. The zero-order chi connectivity index (χ0) is 25.7. The maximum Gasteiger partial charge on any atom is 0.230 e. The minimum Gasteiger partial charge on any atom is -0.493 e. The van der Waals surface area contributed by atoms with Gasteiger partial charge in [-0.15, -0.1) is 0 Å². The minimum absolute atomic E-state index is 0.0317. The Labute approximate surface area is 217 Å². The molecule has 36 heavy (non-hydrogen) atoms. The van der Waals surface area contributed by atoms with E-state index >= 15 is 0 Å². The van der Waals surface area contributed by atoms with Crippen molar-refractivity contribution in [2.75, 3.05) is 19.5 Å². The van der Waals surface area contributed by atoms with Crippen LogP contribution in [0.4, 0.5) is 10.1 Å². The zero-order valence-corrected chi connectivity index (χ0v) is 20.9. The first-order valence-electron chi connectivity index (χ1n) is 10.7. The highest BCUT2D eigenvalue weighted by molar-refractivity contribution is 7.80. The fraction of sp³-hybridized carbons (Fsp3) is 0.115. The number of carbonyl (C=O) groups is 1. The number of thiocarbonyl (C=S) groups is 1. The summed E-state index contributed by atoms with van der Waals surface area (Å²) < 4.78 is 31.4. The molecule has 1 amide bonds. The summed E-state index contributed by atoms with van der Waals surface area (Å²) in [5, 5.41) is 6.39.